The lowest BCUT2D eigenvalue weighted by Gasteiger charge is -2.30. The summed E-state index contributed by atoms with van der Waals surface area (Å²) in [6.45, 7) is 23.4. The fourth-order valence-electron chi connectivity index (χ4n) is 6.15. The van der Waals surface area contributed by atoms with Crippen LogP contribution in [0.4, 0.5) is 9.59 Å². The summed E-state index contributed by atoms with van der Waals surface area (Å²) >= 11 is 3.50. The first-order valence-corrected chi connectivity index (χ1v) is 23.9. The Kier molecular flexibility index (Phi) is 31.9. The van der Waals surface area contributed by atoms with Crippen molar-refractivity contribution in [2.24, 2.45) is 23.7 Å². The third-order valence-electron chi connectivity index (χ3n) is 8.81. The molecule has 0 spiro atoms. The molecule has 0 radical (unpaired) electrons. The minimum atomic E-state index is -1.08. The number of ether oxygens (including phenoxy) is 5. The molecule has 0 aliphatic heterocycles. The van der Waals surface area contributed by atoms with Gasteiger partial charge in [0.2, 0.25) is 0 Å². The zero-order chi connectivity index (χ0) is 45.9. The lowest BCUT2D eigenvalue weighted by Crippen LogP contribution is -2.44. The van der Waals surface area contributed by atoms with Gasteiger partial charge < -0.3 is 49.6 Å². The number of rotatable bonds is 28. The smallest absolute Gasteiger partial charge is 0.408 e. The number of aliphatic hydroxyl groups is 2. The van der Waals surface area contributed by atoms with Crippen LogP contribution in [0.5, 0.6) is 0 Å². The molecule has 0 aromatic rings. The van der Waals surface area contributed by atoms with Crippen molar-refractivity contribution in [1.82, 2.24) is 10.6 Å². The van der Waals surface area contributed by atoms with Gasteiger partial charge in [-0.05, 0) is 142 Å². The summed E-state index contributed by atoms with van der Waals surface area (Å²) in [4.78, 5) is 47.6. The Labute approximate surface area is 365 Å². The van der Waals surface area contributed by atoms with Gasteiger partial charge in [0, 0.05) is 13.2 Å². The van der Waals surface area contributed by atoms with Gasteiger partial charge in [0.15, 0.2) is 0 Å². The molecule has 59 heavy (non-hydrogen) atoms. The van der Waals surface area contributed by atoms with E-state index in [1.807, 2.05) is 6.26 Å². The number of hydrogen-bond donors (Lipinski definition) is 5. The van der Waals surface area contributed by atoms with Crippen molar-refractivity contribution >= 4 is 47.6 Å². The number of esters is 1. The van der Waals surface area contributed by atoms with Gasteiger partial charge in [-0.2, -0.15) is 23.5 Å². The van der Waals surface area contributed by atoms with Crippen LogP contribution in [0.3, 0.4) is 0 Å². The van der Waals surface area contributed by atoms with Crippen LogP contribution in [0.2, 0.25) is 0 Å². The number of aliphatic carboxylic acids is 1. The van der Waals surface area contributed by atoms with Gasteiger partial charge in [-0.15, -0.1) is 0 Å². The predicted octanol–water partition coefficient (Wildman–Crippen LogP) is 7.94. The van der Waals surface area contributed by atoms with Crippen molar-refractivity contribution in [3.05, 3.63) is 0 Å². The molecular formula is C43H84N2O12S2. The maximum absolute atomic E-state index is 12.1. The first-order valence-electron chi connectivity index (χ1n) is 21.1. The number of nitrogens with one attached hydrogen (secondary N) is 2. The molecule has 0 aromatic carbocycles. The lowest BCUT2D eigenvalue weighted by molar-refractivity contribution is -0.143. The van der Waals surface area contributed by atoms with E-state index in [4.69, 9.17) is 23.7 Å². The summed E-state index contributed by atoms with van der Waals surface area (Å²) in [5.74, 6) is 1.37. The highest BCUT2D eigenvalue weighted by Gasteiger charge is 2.31. The predicted molar refractivity (Wildman–Crippen MR) is 239 cm³/mol. The zero-order valence-electron chi connectivity index (χ0n) is 39.1. The number of carboxylic acids is 1. The van der Waals surface area contributed by atoms with Crippen molar-refractivity contribution in [3.8, 4) is 0 Å². The van der Waals surface area contributed by atoms with Crippen molar-refractivity contribution < 1.29 is 58.2 Å². The van der Waals surface area contributed by atoms with E-state index in [0.29, 0.717) is 57.2 Å². The summed E-state index contributed by atoms with van der Waals surface area (Å²) in [5.41, 5.74) is -1.33. The maximum Gasteiger partial charge on any atom is 0.408 e. The molecule has 0 aliphatic rings. The molecule has 16 heteroatoms. The quantitative estimate of drug-likeness (QED) is 0.0375. The second-order valence-electron chi connectivity index (χ2n) is 18.1. The molecule has 0 heterocycles. The molecule has 2 amide bonds. The molecule has 0 saturated heterocycles. The monoisotopic (exact) mass is 885 g/mol. The number of amides is 2. The SMILES string of the molecule is COC(=O)[C@H](CCC[C@H](CCSC)[C@@H](OCC(C)C)[C@H](C)O)NC(=O)OC(C)(C)C.CSCC[C@@H](CCC[C@H](NC(=O)OC(C)(C)C)C(=O)O)[C@@H](OCC(C)C)[C@H](C)O. The van der Waals surface area contributed by atoms with Crippen LogP contribution in [0, 0.1) is 23.7 Å². The minimum Gasteiger partial charge on any atom is -0.480 e. The number of methoxy groups -OCH3 is 1. The van der Waals surface area contributed by atoms with Gasteiger partial charge in [-0.25, -0.2) is 19.2 Å². The molecule has 14 nitrogen and oxygen atoms in total. The summed E-state index contributed by atoms with van der Waals surface area (Å²) in [6.07, 6.45) is 6.29. The largest absolute Gasteiger partial charge is 0.480 e. The van der Waals surface area contributed by atoms with Gasteiger partial charge in [-0.1, -0.05) is 40.5 Å². The highest BCUT2D eigenvalue weighted by Crippen LogP contribution is 2.27. The molecule has 0 saturated carbocycles. The Morgan fingerprint density at radius 2 is 0.949 bits per heavy atom. The molecule has 0 bridgehead atoms. The molecular weight excluding hydrogens is 801 g/mol. The summed E-state index contributed by atoms with van der Waals surface area (Å²) < 4.78 is 27.3. The topological polar surface area (TPSA) is 199 Å². The standard InChI is InChI=1S/C22H43NO6S.C21H41NO6S/c1-15(2)14-28-19(16(3)24)17(12-13-30-8)10-9-11-18(20(25)27-7)23-21(26)29-22(4,5)6;1-14(2)13-27-18(15(3)23)16(11-12-29-7)9-8-10-17(19(24)25)22-20(26)28-21(4,5)6/h15-19,24H,9-14H2,1-8H3,(H,23,26);14-18,23H,8-13H2,1-7H3,(H,22,26)(H,24,25)/t16-,17+,18-,19-;15-,16+,17-,18-/m00/s1. The Bertz CT molecular complexity index is 1140. The second-order valence-corrected chi connectivity index (χ2v) is 20.0. The molecule has 350 valence electrons. The van der Waals surface area contributed by atoms with Crippen molar-refractivity contribution in [2.75, 3.05) is 44.3 Å². The van der Waals surface area contributed by atoms with Gasteiger partial charge in [0.1, 0.15) is 23.3 Å². The minimum absolute atomic E-state index is 0.122. The van der Waals surface area contributed by atoms with E-state index in [2.05, 4.69) is 44.6 Å². The molecule has 8 atom stereocenters. The number of aliphatic hydroxyl groups excluding tert-OH is 2. The maximum atomic E-state index is 12.1. The number of alkyl carbamates (subject to hydrolysis) is 2. The molecule has 0 aromatic heterocycles. The zero-order valence-corrected chi connectivity index (χ0v) is 40.7. The number of carbonyl (C=O) groups excluding carboxylic acids is 3. The average molecular weight is 885 g/mol. The fourth-order valence-corrected chi connectivity index (χ4v) is 7.22. The Morgan fingerprint density at radius 1 is 0.593 bits per heavy atom. The highest BCUT2D eigenvalue weighted by atomic mass is 32.2. The van der Waals surface area contributed by atoms with Crippen LogP contribution in [-0.4, -0.2) is 131 Å². The van der Waals surface area contributed by atoms with E-state index in [-0.39, 0.29) is 24.0 Å². The number of thioether (sulfide) groups is 2. The van der Waals surface area contributed by atoms with Crippen LogP contribution >= 0.6 is 23.5 Å². The van der Waals surface area contributed by atoms with Crippen LogP contribution in [0.15, 0.2) is 0 Å². The highest BCUT2D eigenvalue weighted by molar-refractivity contribution is 7.98. The Morgan fingerprint density at radius 3 is 1.24 bits per heavy atom. The van der Waals surface area contributed by atoms with E-state index in [1.54, 1.807) is 78.9 Å². The van der Waals surface area contributed by atoms with Gasteiger partial charge >= 0.3 is 24.1 Å². The molecule has 0 aliphatic carbocycles. The van der Waals surface area contributed by atoms with Gasteiger partial charge in [0.25, 0.3) is 0 Å². The average Bonchev–Trinajstić information content (AvgIpc) is 3.09. The first-order chi connectivity index (χ1) is 27.3. The van der Waals surface area contributed by atoms with Gasteiger partial charge in [0.05, 0.1) is 31.5 Å². The van der Waals surface area contributed by atoms with Crippen molar-refractivity contribution in [3.63, 3.8) is 0 Å². The number of hydrogen-bond acceptors (Lipinski definition) is 13. The fraction of sp³-hybridized carbons (Fsp3) is 0.907. The number of carbonyl (C=O) groups is 4. The molecule has 0 rings (SSSR count). The first kappa shape index (κ1) is 59.1. The summed E-state index contributed by atoms with van der Waals surface area (Å²) in [6, 6.07) is -1.78. The molecule has 5 N–H and O–H groups in total. The third kappa shape index (κ3) is 31.5. The molecule has 0 unspecified atom stereocenters. The second kappa shape index (κ2) is 31.8. The molecule has 0 fully saturated rings. The van der Waals surface area contributed by atoms with E-state index in [9.17, 15) is 34.5 Å². The normalized spacial score (nSPS) is 16.1. The van der Waals surface area contributed by atoms with E-state index in [0.717, 1.165) is 30.8 Å². The van der Waals surface area contributed by atoms with Crippen LogP contribution in [-0.2, 0) is 33.3 Å². The Hall–Kier alpha value is -1.98. The van der Waals surface area contributed by atoms with Crippen LogP contribution in [0.25, 0.3) is 0 Å². The summed E-state index contributed by atoms with van der Waals surface area (Å²) in [5, 5.41) is 35.0. The summed E-state index contributed by atoms with van der Waals surface area (Å²) in [7, 11) is 1.30. The van der Waals surface area contributed by atoms with Crippen LogP contribution in [0.1, 0.15) is 134 Å². The van der Waals surface area contributed by atoms with E-state index < -0.39 is 59.6 Å². The Balaban J connectivity index is 0. The van der Waals surface area contributed by atoms with E-state index >= 15 is 0 Å². The van der Waals surface area contributed by atoms with Gasteiger partial charge in [-0.3, -0.25) is 0 Å². The van der Waals surface area contributed by atoms with Crippen LogP contribution < -0.4 is 10.6 Å². The third-order valence-corrected chi connectivity index (χ3v) is 10.1. The van der Waals surface area contributed by atoms with Crippen molar-refractivity contribution in [1.29, 1.82) is 0 Å². The lowest BCUT2D eigenvalue weighted by atomic mass is 9.89. The number of carboxylic acid groups (broad SMARTS) is 1. The van der Waals surface area contributed by atoms with Crippen molar-refractivity contribution in [2.45, 2.75) is 182 Å². The van der Waals surface area contributed by atoms with E-state index in [1.165, 1.54) is 7.11 Å².